The van der Waals surface area contributed by atoms with Crippen LogP contribution in [0.15, 0.2) is 0 Å². The molecular weight excluding hydrogens is 182 g/mol. The molecule has 1 heteroatoms. The second-order valence-electron chi connectivity index (χ2n) is 4.82. The standard InChI is InChI=1S/C10H21N.C2H6.C2H2/c1-8-6-9(2)11(5)10(3,4)7-8;2*1-2/h8-9H,6-7H2,1-5H3;1-2H3;1-2H. The molecule has 1 aliphatic heterocycles. The zero-order chi connectivity index (χ0) is 12.6. The summed E-state index contributed by atoms with van der Waals surface area (Å²) in [6.07, 6.45) is 10.7. The van der Waals surface area contributed by atoms with E-state index >= 15 is 0 Å². The Kier molecular flexibility index (Phi) is 8.77. The molecule has 0 amide bonds. The van der Waals surface area contributed by atoms with Gasteiger partial charge in [0, 0.05) is 11.6 Å². The molecule has 0 aromatic carbocycles. The van der Waals surface area contributed by atoms with Crippen molar-refractivity contribution in [2.75, 3.05) is 7.05 Å². The van der Waals surface area contributed by atoms with Crippen molar-refractivity contribution in [2.24, 2.45) is 5.92 Å². The number of nitrogens with zero attached hydrogens (tertiary/aromatic N) is 1. The minimum Gasteiger partial charge on any atom is -0.299 e. The average Bonchev–Trinajstić information content (AvgIpc) is 2.20. The predicted molar refractivity (Wildman–Crippen MR) is 70.9 cm³/mol. The van der Waals surface area contributed by atoms with Crippen LogP contribution in [0.5, 0.6) is 0 Å². The lowest BCUT2D eigenvalue weighted by Crippen LogP contribution is -2.51. The summed E-state index contributed by atoms with van der Waals surface area (Å²) < 4.78 is 0. The number of hydrogen-bond acceptors (Lipinski definition) is 1. The molecular formula is C14H29N. The van der Waals surface area contributed by atoms with Crippen molar-refractivity contribution in [3.05, 3.63) is 0 Å². The molecule has 1 rings (SSSR count). The number of terminal acetylenes is 1. The van der Waals surface area contributed by atoms with Crippen molar-refractivity contribution in [2.45, 2.75) is 66.0 Å². The van der Waals surface area contributed by atoms with Crippen LogP contribution in [-0.2, 0) is 0 Å². The predicted octanol–water partition coefficient (Wildman–Crippen LogP) is 3.79. The summed E-state index contributed by atoms with van der Waals surface area (Å²) in [7, 11) is 2.25. The lowest BCUT2D eigenvalue weighted by Gasteiger charge is -2.47. The van der Waals surface area contributed by atoms with Crippen LogP contribution >= 0.6 is 0 Å². The van der Waals surface area contributed by atoms with Crippen LogP contribution in [0.1, 0.15) is 54.4 Å². The quantitative estimate of drug-likeness (QED) is 0.551. The van der Waals surface area contributed by atoms with Crippen LogP contribution in [0.4, 0.5) is 0 Å². The van der Waals surface area contributed by atoms with Gasteiger partial charge in [-0.25, -0.2) is 0 Å². The van der Waals surface area contributed by atoms with Gasteiger partial charge in [-0.05, 0) is 46.6 Å². The van der Waals surface area contributed by atoms with Crippen molar-refractivity contribution in [3.8, 4) is 12.8 Å². The normalized spacial score (nSPS) is 29.1. The molecule has 1 fully saturated rings. The van der Waals surface area contributed by atoms with E-state index in [9.17, 15) is 0 Å². The minimum atomic E-state index is 0.414. The molecule has 0 aromatic heterocycles. The summed E-state index contributed by atoms with van der Waals surface area (Å²) in [5.41, 5.74) is 0.414. The first-order valence-corrected chi connectivity index (χ1v) is 6.00. The third-order valence-electron chi connectivity index (χ3n) is 3.21. The van der Waals surface area contributed by atoms with E-state index < -0.39 is 0 Å². The smallest absolute Gasteiger partial charge is 0.0155 e. The fraction of sp³-hybridized carbons (Fsp3) is 0.857. The Bertz CT molecular complexity index is 169. The summed E-state index contributed by atoms with van der Waals surface area (Å²) in [5, 5.41) is 0. The highest BCUT2D eigenvalue weighted by Gasteiger charge is 2.34. The van der Waals surface area contributed by atoms with Gasteiger partial charge in [-0.3, -0.25) is 4.90 Å². The van der Waals surface area contributed by atoms with E-state index in [0.29, 0.717) is 5.54 Å². The van der Waals surface area contributed by atoms with Crippen molar-refractivity contribution in [1.29, 1.82) is 0 Å². The molecule has 0 N–H and O–H groups in total. The summed E-state index contributed by atoms with van der Waals surface area (Å²) in [5.74, 6) is 0.899. The highest BCUT2D eigenvalue weighted by Crippen LogP contribution is 2.33. The van der Waals surface area contributed by atoms with Gasteiger partial charge in [0.05, 0.1) is 0 Å². The van der Waals surface area contributed by atoms with E-state index in [1.165, 1.54) is 12.8 Å². The zero-order valence-electron chi connectivity index (χ0n) is 11.7. The fourth-order valence-electron chi connectivity index (χ4n) is 2.42. The second kappa shape index (κ2) is 7.77. The van der Waals surface area contributed by atoms with Gasteiger partial charge in [-0.1, -0.05) is 20.8 Å². The van der Waals surface area contributed by atoms with Crippen LogP contribution in [0, 0.1) is 18.8 Å². The van der Waals surface area contributed by atoms with E-state index in [1.54, 1.807) is 0 Å². The molecule has 0 saturated carbocycles. The first-order valence-electron chi connectivity index (χ1n) is 6.00. The highest BCUT2D eigenvalue weighted by atomic mass is 15.2. The molecule has 1 aliphatic rings. The van der Waals surface area contributed by atoms with Crippen molar-refractivity contribution >= 4 is 0 Å². The molecule has 0 spiro atoms. The number of rotatable bonds is 0. The molecule has 0 radical (unpaired) electrons. The number of likely N-dealkylation sites (tertiary alicyclic amines) is 1. The molecule has 1 heterocycles. The molecule has 90 valence electrons. The molecule has 0 bridgehead atoms. The second-order valence-corrected chi connectivity index (χ2v) is 4.82. The third-order valence-corrected chi connectivity index (χ3v) is 3.21. The average molecular weight is 211 g/mol. The van der Waals surface area contributed by atoms with Gasteiger partial charge in [-0.15, -0.1) is 12.8 Å². The third kappa shape index (κ3) is 5.23. The van der Waals surface area contributed by atoms with Crippen molar-refractivity contribution in [1.82, 2.24) is 4.90 Å². The van der Waals surface area contributed by atoms with Gasteiger partial charge < -0.3 is 0 Å². The summed E-state index contributed by atoms with van der Waals surface area (Å²) in [6.45, 7) is 13.4. The Hall–Kier alpha value is -0.480. The molecule has 2 atom stereocenters. The maximum Gasteiger partial charge on any atom is 0.0155 e. The maximum atomic E-state index is 4.00. The van der Waals surface area contributed by atoms with Gasteiger partial charge in [0.1, 0.15) is 0 Å². The zero-order valence-corrected chi connectivity index (χ0v) is 11.7. The lowest BCUT2D eigenvalue weighted by atomic mass is 9.81. The Morgan fingerprint density at radius 2 is 1.53 bits per heavy atom. The van der Waals surface area contributed by atoms with E-state index in [-0.39, 0.29) is 0 Å². The summed E-state index contributed by atoms with van der Waals surface area (Å²) in [4.78, 5) is 2.51. The SMILES string of the molecule is C#C.CC.CC1CC(C)N(C)C(C)(C)C1. The lowest BCUT2D eigenvalue weighted by molar-refractivity contribution is 0.0328. The van der Waals surface area contributed by atoms with Crippen molar-refractivity contribution in [3.63, 3.8) is 0 Å². The van der Waals surface area contributed by atoms with Gasteiger partial charge in [0.15, 0.2) is 0 Å². The monoisotopic (exact) mass is 211 g/mol. The fourth-order valence-corrected chi connectivity index (χ4v) is 2.42. The van der Waals surface area contributed by atoms with Gasteiger partial charge >= 0.3 is 0 Å². The largest absolute Gasteiger partial charge is 0.299 e. The Morgan fingerprint density at radius 1 is 1.13 bits per heavy atom. The summed E-state index contributed by atoms with van der Waals surface area (Å²) >= 11 is 0. The van der Waals surface area contributed by atoms with Gasteiger partial charge in [0.2, 0.25) is 0 Å². The van der Waals surface area contributed by atoms with E-state index in [1.807, 2.05) is 13.8 Å². The van der Waals surface area contributed by atoms with Gasteiger partial charge in [0.25, 0.3) is 0 Å². The van der Waals surface area contributed by atoms with Crippen LogP contribution in [0.2, 0.25) is 0 Å². The Morgan fingerprint density at radius 3 is 1.87 bits per heavy atom. The molecule has 2 unspecified atom stereocenters. The van der Waals surface area contributed by atoms with Crippen LogP contribution in [-0.4, -0.2) is 23.5 Å². The van der Waals surface area contributed by atoms with E-state index in [0.717, 1.165) is 12.0 Å². The van der Waals surface area contributed by atoms with Crippen LogP contribution in [0.3, 0.4) is 0 Å². The van der Waals surface area contributed by atoms with E-state index in [2.05, 4.69) is 52.5 Å². The maximum absolute atomic E-state index is 4.00. The molecule has 0 aliphatic carbocycles. The minimum absolute atomic E-state index is 0.414. The first-order chi connectivity index (χ1) is 6.93. The topological polar surface area (TPSA) is 3.24 Å². The van der Waals surface area contributed by atoms with Gasteiger partial charge in [-0.2, -0.15) is 0 Å². The van der Waals surface area contributed by atoms with Crippen LogP contribution < -0.4 is 0 Å². The molecule has 0 aromatic rings. The number of hydrogen-bond donors (Lipinski definition) is 0. The summed E-state index contributed by atoms with van der Waals surface area (Å²) in [6, 6.07) is 0.758. The highest BCUT2D eigenvalue weighted by molar-refractivity contribution is 4.89. The van der Waals surface area contributed by atoms with E-state index in [4.69, 9.17) is 0 Å². The molecule has 1 nitrogen and oxygen atoms in total. The first kappa shape index (κ1) is 16.9. The van der Waals surface area contributed by atoms with Crippen molar-refractivity contribution < 1.29 is 0 Å². The Labute approximate surface area is 97.2 Å². The Balaban J connectivity index is 0. The molecule has 15 heavy (non-hydrogen) atoms. The molecule has 1 saturated heterocycles. The number of piperidine rings is 1. The van der Waals surface area contributed by atoms with Crippen LogP contribution in [0.25, 0.3) is 0 Å².